The van der Waals surface area contributed by atoms with Crippen molar-refractivity contribution in [1.82, 2.24) is 20.5 Å². The van der Waals surface area contributed by atoms with Gasteiger partial charge in [0.05, 0.1) is 18.9 Å². The fourth-order valence-corrected chi connectivity index (χ4v) is 4.66. The molecule has 12 heteroatoms. The summed E-state index contributed by atoms with van der Waals surface area (Å²) in [4.78, 5) is 18.2. The highest BCUT2D eigenvalue weighted by Gasteiger charge is 2.31. The number of rotatable bonds is 10. The minimum Gasteiger partial charge on any atom is -0.493 e. The van der Waals surface area contributed by atoms with E-state index in [-0.39, 0.29) is 48.8 Å². The molecule has 1 amide bonds. The van der Waals surface area contributed by atoms with Crippen LogP contribution in [0.1, 0.15) is 27.9 Å². The Labute approximate surface area is 223 Å². The normalized spacial score (nSPS) is 12.6. The molecule has 0 unspecified atom stereocenters. The number of carbonyl (C=O) groups excluding carboxylic acids is 1. The molecule has 3 aromatic rings. The number of aromatic amines is 1. The molecule has 0 saturated carbocycles. The van der Waals surface area contributed by atoms with Crippen molar-refractivity contribution in [1.29, 1.82) is 0 Å². The molecule has 1 aromatic heterocycles. The van der Waals surface area contributed by atoms with Gasteiger partial charge < -0.3 is 29.4 Å². The lowest BCUT2D eigenvalue weighted by Crippen LogP contribution is -2.20. The summed E-state index contributed by atoms with van der Waals surface area (Å²) in [6.45, 7) is 2.92. The first-order valence-electron chi connectivity index (χ1n) is 11.1. The van der Waals surface area contributed by atoms with Gasteiger partial charge >= 0.3 is 10.1 Å². The Hall–Kier alpha value is -2.50. The van der Waals surface area contributed by atoms with Crippen LogP contribution in [0.2, 0.25) is 0 Å². The Morgan fingerprint density at radius 1 is 1.14 bits per heavy atom. The number of carbonyl (C=O) groups is 1. The maximum atomic E-state index is 12.7. The molecule has 1 aliphatic heterocycles. The molecular weight excluding hydrogens is 527 g/mol. The summed E-state index contributed by atoms with van der Waals surface area (Å²) in [7, 11) is 1.77. The minimum atomic E-state index is -3.80. The van der Waals surface area contributed by atoms with Gasteiger partial charge in [-0.2, -0.15) is 8.42 Å². The number of halogens is 2. The van der Waals surface area contributed by atoms with Gasteiger partial charge in [0.1, 0.15) is 0 Å². The molecule has 4 rings (SSSR count). The fraction of sp³-hybridized carbons (Fsp3) is 0.375. The van der Waals surface area contributed by atoms with Crippen LogP contribution in [0, 0.1) is 0 Å². The summed E-state index contributed by atoms with van der Waals surface area (Å²) >= 11 is 0. The van der Waals surface area contributed by atoms with Crippen LogP contribution in [0.3, 0.4) is 0 Å². The molecule has 2 aromatic carbocycles. The van der Waals surface area contributed by atoms with E-state index in [9.17, 15) is 13.2 Å². The van der Waals surface area contributed by atoms with E-state index in [2.05, 4.69) is 46.7 Å². The Morgan fingerprint density at radius 2 is 1.89 bits per heavy atom. The van der Waals surface area contributed by atoms with E-state index in [0.29, 0.717) is 16.7 Å². The SMILES string of the molecule is COc1cc(-c2cc3cc(CNCCCN(C)C)ccc3[nH]2)c2c(c1OS(C)(=O)=O)CNC2=O.Cl.Cl. The zero-order valence-electron chi connectivity index (χ0n) is 20.6. The van der Waals surface area contributed by atoms with Crippen LogP contribution in [0.5, 0.6) is 11.5 Å². The number of hydrogen-bond acceptors (Lipinski definition) is 7. The number of hydrogen-bond donors (Lipinski definition) is 3. The standard InChI is InChI=1S/C24H30N4O5S.2ClH/c1-28(2)9-5-8-25-13-15-6-7-19-16(10-15)11-20(27-19)17-12-21(32-3)23(33-34(4,30)31)18-14-26-24(29)22(17)18;;/h6-7,10-12,25,27H,5,8-9,13-14H2,1-4H3,(H,26,29);2*1H. The number of benzene rings is 2. The quantitative estimate of drug-likeness (QED) is 0.258. The first-order valence-corrected chi connectivity index (χ1v) is 12.9. The minimum absolute atomic E-state index is 0. The number of nitrogens with zero attached hydrogens (tertiary/aromatic N) is 1. The molecule has 9 nitrogen and oxygen atoms in total. The lowest BCUT2D eigenvalue weighted by molar-refractivity contribution is 0.0966. The third-order valence-corrected chi connectivity index (χ3v) is 6.18. The Kier molecular flexibility index (Phi) is 10.0. The molecular formula is C24H32Cl2N4O5S. The van der Waals surface area contributed by atoms with Crippen LogP contribution in [0.25, 0.3) is 22.2 Å². The second-order valence-electron chi connectivity index (χ2n) is 8.72. The average Bonchev–Trinajstić information content (AvgIpc) is 3.36. The lowest BCUT2D eigenvalue weighted by atomic mass is 9.98. The van der Waals surface area contributed by atoms with Gasteiger partial charge in [-0.15, -0.1) is 24.8 Å². The molecule has 198 valence electrons. The van der Waals surface area contributed by atoms with E-state index in [1.54, 1.807) is 6.07 Å². The van der Waals surface area contributed by atoms with Gasteiger partial charge in [-0.1, -0.05) is 6.07 Å². The monoisotopic (exact) mass is 558 g/mol. The number of nitrogens with one attached hydrogen (secondary N) is 3. The van der Waals surface area contributed by atoms with E-state index >= 15 is 0 Å². The molecule has 0 bridgehead atoms. The molecule has 0 radical (unpaired) electrons. The molecule has 1 aliphatic rings. The fourth-order valence-electron chi connectivity index (χ4n) is 4.18. The summed E-state index contributed by atoms with van der Waals surface area (Å²) in [6.07, 6.45) is 2.04. The molecule has 36 heavy (non-hydrogen) atoms. The summed E-state index contributed by atoms with van der Waals surface area (Å²) in [5.74, 6) is 0.00468. The van der Waals surface area contributed by atoms with Crippen molar-refractivity contribution in [3.63, 3.8) is 0 Å². The van der Waals surface area contributed by atoms with Gasteiger partial charge in [0.2, 0.25) is 0 Å². The summed E-state index contributed by atoms with van der Waals surface area (Å²) < 4.78 is 34.2. The van der Waals surface area contributed by atoms with E-state index < -0.39 is 10.1 Å². The van der Waals surface area contributed by atoms with Crippen molar-refractivity contribution in [2.75, 3.05) is 40.6 Å². The number of amides is 1. The van der Waals surface area contributed by atoms with Crippen LogP contribution in [-0.2, 0) is 23.2 Å². The highest BCUT2D eigenvalue weighted by atomic mass is 35.5. The Balaban J connectivity index is 0.00000228. The Morgan fingerprint density at radius 3 is 2.56 bits per heavy atom. The number of ether oxygens (including phenoxy) is 1. The molecule has 0 atom stereocenters. The van der Waals surface area contributed by atoms with Gasteiger partial charge in [-0.3, -0.25) is 4.79 Å². The van der Waals surface area contributed by atoms with Gasteiger partial charge in [-0.05, 0) is 63.4 Å². The predicted octanol–water partition coefficient (Wildman–Crippen LogP) is 3.31. The second kappa shape index (κ2) is 12.2. The number of H-pyrrole nitrogens is 1. The summed E-state index contributed by atoms with van der Waals surface area (Å²) in [5.41, 5.74) is 4.32. The Bertz CT molecular complexity index is 1340. The molecule has 0 aliphatic carbocycles. The topological polar surface area (TPSA) is 113 Å². The summed E-state index contributed by atoms with van der Waals surface area (Å²) in [6, 6.07) is 9.84. The van der Waals surface area contributed by atoms with E-state index in [1.165, 1.54) is 12.7 Å². The second-order valence-corrected chi connectivity index (χ2v) is 10.3. The van der Waals surface area contributed by atoms with Crippen molar-refractivity contribution in [2.24, 2.45) is 0 Å². The van der Waals surface area contributed by atoms with Gasteiger partial charge in [-0.25, -0.2) is 0 Å². The molecule has 3 N–H and O–H groups in total. The predicted molar refractivity (Wildman–Crippen MR) is 146 cm³/mol. The zero-order chi connectivity index (χ0) is 24.5. The van der Waals surface area contributed by atoms with E-state index in [4.69, 9.17) is 8.92 Å². The molecule has 2 heterocycles. The number of methoxy groups -OCH3 is 1. The largest absolute Gasteiger partial charge is 0.493 e. The van der Waals surface area contributed by atoms with Crippen LogP contribution in [-0.4, -0.2) is 64.8 Å². The van der Waals surface area contributed by atoms with Crippen molar-refractivity contribution >= 4 is 51.7 Å². The summed E-state index contributed by atoms with van der Waals surface area (Å²) in [5, 5.41) is 7.25. The maximum absolute atomic E-state index is 12.7. The van der Waals surface area contributed by atoms with E-state index in [1.807, 2.05) is 12.1 Å². The molecule has 0 saturated heterocycles. The van der Waals surface area contributed by atoms with E-state index in [0.717, 1.165) is 48.9 Å². The van der Waals surface area contributed by atoms with Crippen LogP contribution < -0.4 is 19.6 Å². The average molecular weight is 560 g/mol. The van der Waals surface area contributed by atoms with Crippen molar-refractivity contribution in [3.8, 4) is 22.8 Å². The third kappa shape index (κ3) is 6.63. The van der Waals surface area contributed by atoms with Crippen LogP contribution >= 0.6 is 24.8 Å². The molecule has 0 fully saturated rings. The third-order valence-electron chi connectivity index (χ3n) is 5.72. The zero-order valence-corrected chi connectivity index (χ0v) is 23.1. The first kappa shape index (κ1) is 29.7. The van der Waals surface area contributed by atoms with Crippen molar-refractivity contribution < 1.29 is 22.1 Å². The van der Waals surface area contributed by atoms with Crippen LogP contribution in [0.4, 0.5) is 0 Å². The number of aromatic nitrogens is 1. The first-order chi connectivity index (χ1) is 16.2. The smallest absolute Gasteiger partial charge is 0.306 e. The van der Waals surface area contributed by atoms with Gasteiger partial charge in [0.25, 0.3) is 5.91 Å². The van der Waals surface area contributed by atoms with Crippen molar-refractivity contribution in [2.45, 2.75) is 19.5 Å². The lowest BCUT2D eigenvalue weighted by Gasteiger charge is -2.15. The highest BCUT2D eigenvalue weighted by molar-refractivity contribution is 7.86. The van der Waals surface area contributed by atoms with Gasteiger partial charge in [0.15, 0.2) is 11.5 Å². The molecule has 0 spiro atoms. The maximum Gasteiger partial charge on any atom is 0.306 e. The number of fused-ring (bicyclic) bond motifs is 2. The highest BCUT2D eigenvalue weighted by Crippen LogP contribution is 2.43. The van der Waals surface area contributed by atoms with Gasteiger partial charge in [0, 0.05) is 40.8 Å². The van der Waals surface area contributed by atoms with Crippen molar-refractivity contribution in [3.05, 3.63) is 47.0 Å². The van der Waals surface area contributed by atoms with Crippen LogP contribution in [0.15, 0.2) is 30.3 Å².